The number of anilines is 1. The molecule has 0 bridgehead atoms. The zero-order chi connectivity index (χ0) is 13.9. The van der Waals surface area contributed by atoms with E-state index >= 15 is 0 Å². The van der Waals surface area contributed by atoms with E-state index in [4.69, 9.17) is 24.7 Å². The van der Waals surface area contributed by atoms with Gasteiger partial charge in [-0.25, -0.2) is 0 Å². The smallest absolute Gasteiger partial charge is 0.231 e. The number of hydrogen-bond acceptors (Lipinski definition) is 5. The summed E-state index contributed by atoms with van der Waals surface area (Å²) in [6.45, 7) is 0.679. The predicted octanol–water partition coefficient (Wildman–Crippen LogP) is 2.59. The highest BCUT2D eigenvalue weighted by atomic mass is 16.7. The van der Waals surface area contributed by atoms with Crippen molar-refractivity contribution in [3.8, 4) is 23.0 Å². The Morgan fingerprint density at radius 3 is 2.75 bits per heavy atom. The fourth-order valence-electron chi connectivity index (χ4n) is 1.98. The van der Waals surface area contributed by atoms with Crippen LogP contribution in [0.15, 0.2) is 36.4 Å². The van der Waals surface area contributed by atoms with E-state index in [0.717, 1.165) is 17.1 Å². The normalized spacial score (nSPS) is 12.2. The van der Waals surface area contributed by atoms with Crippen LogP contribution in [-0.2, 0) is 6.61 Å². The van der Waals surface area contributed by atoms with Gasteiger partial charge in [-0.1, -0.05) is 6.07 Å². The van der Waals surface area contributed by atoms with Gasteiger partial charge in [0.25, 0.3) is 0 Å². The van der Waals surface area contributed by atoms with E-state index in [1.807, 2.05) is 24.3 Å². The second kappa shape index (κ2) is 5.21. The van der Waals surface area contributed by atoms with Crippen molar-refractivity contribution < 1.29 is 18.9 Å². The lowest BCUT2D eigenvalue weighted by Gasteiger charge is -2.10. The first-order valence-electron chi connectivity index (χ1n) is 6.21. The van der Waals surface area contributed by atoms with Gasteiger partial charge in [0.05, 0.1) is 12.8 Å². The van der Waals surface area contributed by atoms with Gasteiger partial charge in [-0.2, -0.15) is 0 Å². The van der Waals surface area contributed by atoms with Crippen LogP contribution in [0.3, 0.4) is 0 Å². The van der Waals surface area contributed by atoms with Crippen molar-refractivity contribution in [3.05, 3.63) is 42.0 Å². The summed E-state index contributed by atoms with van der Waals surface area (Å²) in [5.74, 6) is 2.84. The Hall–Kier alpha value is -2.56. The van der Waals surface area contributed by atoms with Crippen LogP contribution in [0.4, 0.5) is 5.69 Å². The summed E-state index contributed by atoms with van der Waals surface area (Å²) in [7, 11) is 1.60. The number of rotatable bonds is 4. The molecular weight excluding hydrogens is 258 g/mol. The maximum Gasteiger partial charge on any atom is 0.231 e. The minimum absolute atomic E-state index is 0.269. The molecule has 104 valence electrons. The first-order valence-corrected chi connectivity index (χ1v) is 6.21. The average molecular weight is 273 g/mol. The summed E-state index contributed by atoms with van der Waals surface area (Å²) in [6, 6.07) is 11.1. The molecule has 0 spiro atoms. The number of methoxy groups -OCH3 is 1. The van der Waals surface area contributed by atoms with E-state index in [0.29, 0.717) is 23.8 Å². The lowest BCUT2D eigenvalue weighted by atomic mass is 10.2. The molecule has 0 fully saturated rings. The maximum atomic E-state index is 5.90. The van der Waals surface area contributed by atoms with Crippen LogP contribution in [-0.4, -0.2) is 13.9 Å². The van der Waals surface area contributed by atoms with Gasteiger partial charge in [-0.15, -0.1) is 0 Å². The number of fused-ring (bicyclic) bond motifs is 1. The molecule has 1 heterocycles. The molecule has 0 atom stereocenters. The third-order valence-electron chi connectivity index (χ3n) is 3.05. The number of nitrogen functional groups attached to an aromatic ring is 1. The zero-order valence-corrected chi connectivity index (χ0v) is 11.1. The molecule has 1 aliphatic heterocycles. The van der Waals surface area contributed by atoms with Crippen LogP contribution in [0.25, 0.3) is 0 Å². The predicted molar refractivity (Wildman–Crippen MR) is 74.3 cm³/mol. The molecule has 0 radical (unpaired) electrons. The van der Waals surface area contributed by atoms with Crippen molar-refractivity contribution >= 4 is 5.69 Å². The first-order chi connectivity index (χ1) is 9.76. The van der Waals surface area contributed by atoms with Crippen LogP contribution in [0.2, 0.25) is 0 Å². The number of nitrogens with two attached hydrogens (primary N) is 1. The van der Waals surface area contributed by atoms with E-state index in [1.165, 1.54) is 0 Å². The van der Waals surface area contributed by atoms with Gasteiger partial charge in [-0.05, 0) is 29.8 Å². The van der Waals surface area contributed by atoms with E-state index in [9.17, 15) is 0 Å². The molecular formula is C15H15NO4. The van der Waals surface area contributed by atoms with Crippen molar-refractivity contribution in [2.45, 2.75) is 6.61 Å². The standard InChI is InChI=1S/C15H15NO4/c1-17-11-3-5-13(12(16)7-11)18-8-10-2-4-14-15(6-10)20-9-19-14/h2-7H,8-9,16H2,1H3. The zero-order valence-electron chi connectivity index (χ0n) is 11.1. The Labute approximate surface area is 116 Å². The quantitative estimate of drug-likeness (QED) is 0.867. The van der Waals surface area contributed by atoms with Crippen molar-refractivity contribution in [3.63, 3.8) is 0 Å². The lowest BCUT2D eigenvalue weighted by molar-refractivity contribution is 0.174. The maximum absolute atomic E-state index is 5.90. The van der Waals surface area contributed by atoms with Crippen molar-refractivity contribution in [1.82, 2.24) is 0 Å². The summed E-state index contributed by atoms with van der Waals surface area (Å²) < 4.78 is 21.4. The van der Waals surface area contributed by atoms with Gasteiger partial charge in [-0.3, -0.25) is 0 Å². The summed E-state index contributed by atoms with van der Waals surface area (Å²) in [4.78, 5) is 0. The van der Waals surface area contributed by atoms with E-state index in [1.54, 1.807) is 19.2 Å². The Morgan fingerprint density at radius 1 is 1.10 bits per heavy atom. The number of hydrogen-bond donors (Lipinski definition) is 1. The van der Waals surface area contributed by atoms with Crippen molar-refractivity contribution in [2.75, 3.05) is 19.6 Å². The highest BCUT2D eigenvalue weighted by Crippen LogP contribution is 2.33. The fourth-order valence-corrected chi connectivity index (χ4v) is 1.98. The molecule has 2 aromatic carbocycles. The molecule has 3 rings (SSSR count). The Kier molecular flexibility index (Phi) is 3.25. The van der Waals surface area contributed by atoms with Gasteiger partial charge in [0, 0.05) is 6.07 Å². The van der Waals surface area contributed by atoms with Gasteiger partial charge in [0.2, 0.25) is 6.79 Å². The Balaban J connectivity index is 1.70. The van der Waals surface area contributed by atoms with Crippen molar-refractivity contribution in [2.24, 2.45) is 0 Å². The molecule has 5 nitrogen and oxygen atoms in total. The van der Waals surface area contributed by atoms with Gasteiger partial charge in [0.1, 0.15) is 18.1 Å². The summed E-state index contributed by atoms with van der Waals surface area (Å²) >= 11 is 0. The molecule has 5 heteroatoms. The summed E-state index contributed by atoms with van der Waals surface area (Å²) in [5.41, 5.74) is 7.44. The van der Waals surface area contributed by atoms with Crippen LogP contribution < -0.4 is 24.7 Å². The third-order valence-corrected chi connectivity index (χ3v) is 3.05. The largest absolute Gasteiger partial charge is 0.497 e. The van der Waals surface area contributed by atoms with E-state index < -0.39 is 0 Å². The number of ether oxygens (including phenoxy) is 4. The Morgan fingerprint density at radius 2 is 1.95 bits per heavy atom. The molecule has 0 unspecified atom stereocenters. The molecule has 20 heavy (non-hydrogen) atoms. The van der Waals surface area contributed by atoms with E-state index in [2.05, 4.69) is 0 Å². The molecule has 2 aromatic rings. The molecule has 0 saturated carbocycles. The van der Waals surface area contributed by atoms with Gasteiger partial charge in [0.15, 0.2) is 11.5 Å². The highest BCUT2D eigenvalue weighted by molar-refractivity contribution is 5.56. The first kappa shape index (κ1) is 12.5. The van der Waals surface area contributed by atoms with Crippen LogP contribution >= 0.6 is 0 Å². The van der Waals surface area contributed by atoms with Crippen LogP contribution in [0.5, 0.6) is 23.0 Å². The minimum Gasteiger partial charge on any atom is -0.497 e. The molecule has 0 amide bonds. The Bertz CT molecular complexity index is 627. The lowest BCUT2D eigenvalue weighted by Crippen LogP contribution is -1.99. The molecule has 1 aliphatic rings. The molecule has 2 N–H and O–H groups in total. The fraction of sp³-hybridized carbons (Fsp3) is 0.200. The average Bonchev–Trinajstić information content (AvgIpc) is 2.93. The second-order valence-electron chi connectivity index (χ2n) is 4.38. The summed E-state index contributed by atoms with van der Waals surface area (Å²) in [5, 5.41) is 0. The minimum atomic E-state index is 0.269. The third kappa shape index (κ3) is 2.42. The molecule has 0 saturated heterocycles. The molecule has 0 aliphatic carbocycles. The van der Waals surface area contributed by atoms with Crippen LogP contribution in [0, 0.1) is 0 Å². The van der Waals surface area contributed by atoms with Gasteiger partial charge < -0.3 is 24.7 Å². The van der Waals surface area contributed by atoms with Gasteiger partial charge >= 0.3 is 0 Å². The van der Waals surface area contributed by atoms with Crippen LogP contribution in [0.1, 0.15) is 5.56 Å². The van der Waals surface area contributed by atoms with E-state index in [-0.39, 0.29) is 6.79 Å². The highest BCUT2D eigenvalue weighted by Gasteiger charge is 2.13. The topological polar surface area (TPSA) is 62.9 Å². The number of benzene rings is 2. The summed E-state index contributed by atoms with van der Waals surface area (Å²) in [6.07, 6.45) is 0. The SMILES string of the molecule is COc1ccc(OCc2ccc3c(c2)OCO3)c(N)c1. The monoisotopic (exact) mass is 273 g/mol. The second-order valence-corrected chi connectivity index (χ2v) is 4.38. The van der Waals surface area contributed by atoms with Crippen molar-refractivity contribution in [1.29, 1.82) is 0 Å². The molecule has 0 aromatic heterocycles.